The number of hydrogen-bond donors (Lipinski definition) is 4. The predicted octanol–water partition coefficient (Wildman–Crippen LogP) is 4.73. The molecule has 0 saturated carbocycles. The van der Waals surface area contributed by atoms with Gasteiger partial charge in [-0.05, 0) is 76.1 Å². The molecule has 4 aromatic rings. The number of carboxylic acid groups (broad SMARTS) is 4. The van der Waals surface area contributed by atoms with E-state index in [0.29, 0.717) is 47.3 Å². The van der Waals surface area contributed by atoms with Crippen LogP contribution in [0.5, 0.6) is 0 Å². The number of aliphatic carboxylic acids is 4. The van der Waals surface area contributed by atoms with Crippen molar-refractivity contribution in [2.75, 3.05) is 39.3 Å². The van der Waals surface area contributed by atoms with Gasteiger partial charge in [-0.3, -0.25) is 0 Å². The van der Waals surface area contributed by atoms with Gasteiger partial charge in [-0.25, -0.2) is 28.0 Å². The summed E-state index contributed by atoms with van der Waals surface area (Å²) in [5.74, 6) is -4.88. The highest BCUT2D eigenvalue weighted by Gasteiger charge is 2.27. The molecule has 0 radical (unpaired) electrons. The van der Waals surface area contributed by atoms with Crippen LogP contribution in [0.4, 0.5) is 8.78 Å². The molecule has 0 spiro atoms. The van der Waals surface area contributed by atoms with Crippen molar-refractivity contribution in [1.29, 1.82) is 0 Å². The van der Waals surface area contributed by atoms with E-state index in [1.54, 1.807) is 12.1 Å². The van der Waals surface area contributed by atoms with Gasteiger partial charge in [-0.15, -0.1) is 0 Å². The largest absolute Gasteiger partial charge is 0.478 e. The maximum atomic E-state index is 13.4. The first-order chi connectivity index (χ1) is 23.9. The summed E-state index contributed by atoms with van der Waals surface area (Å²) in [5.41, 5.74) is 3.01. The zero-order valence-corrected chi connectivity index (χ0v) is 26.8. The van der Waals surface area contributed by atoms with E-state index in [-0.39, 0.29) is 11.6 Å². The summed E-state index contributed by atoms with van der Waals surface area (Å²) in [6, 6.07) is 9.35. The lowest BCUT2D eigenvalue weighted by atomic mass is 9.91. The van der Waals surface area contributed by atoms with Crippen molar-refractivity contribution >= 4 is 45.8 Å². The molecule has 50 heavy (non-hydrogen) atoms. The average Bonchev–Trinajstić information content (AvgIpc) is 3.70. The van der Waals surface area contributed by atoms with Gasteiger partial charge in [0, 0.05) is 72.1 Å². The third-order valence-corrected chi connectivity index (χ3v) is 8.34. The SMILES string of the molecule is Fc1ccc2c(C3CCN(CCN4CCC(c5noc6cc(F)ccc56)CC4)CC3)noc2c1.O=C(O)C=CC(=O)O.O=C(O)C=CC(=O)O. The molecule has 4 heterocycles. The van der Waals surface area contributed by atoms with Gasteiger partial charge in [0.15, 0.2) is 11.2 Å². The Labute approximate surface area is 283 Å². The van der Waals surface area contributed by atoms with E-state index in [1.165, 1.54) is 24.3 Å². The molecular weight excluding hydrogens is 662 g/mol. The van der Waals surface area contributed by atoms with Gasteiger partial charge < -0.3 is 39.3 Å². The molecule has 2 saturated heterocycles. The third kappa shape index (κ3) is 11.0. The molecule has 2 aromatic carbocycles. The van der Waals surface area contributed by atoms with Crippen LogP contribution in [-0.4, -0.2) is 104 Å². The number of halogens is 2. The molecule has 0 unspecified atom stereocenters. The Morgan fingerprint density at radius 3 is 1.24 bits per heavy atom. The number of nitrogens with zero attached hydrogens (tertiary/aromatic N) is 4. The van der Waals surface area contributed by atoms with Crippen molar-refractivity contribution in [1.82, 2.24) is 20.1 Å². The molecular formula is C34H36F2N4O10. The minimum atomic E-state index is -1.26. The molecule has 2 aliphatic rings. The normalized spacial score (nSPS) is 16.3. The van der Waals surface area contributed by atoms with E-state index < -0.39 is 23.9 Å². The lowest BCUT2D eigenvalue weighted by molar-refractivity contribution is -0.134. The van der Waals surface area contributed by atoms with Crippen molar-refractivity contribution in [2.24, 2.45) is 0 Å². The number of piperidine rings is 2. The summed E-state index contributed by atoms with van der Waals surface area (Å²) in [5, 5.41) is 41.6. The van der Waals surface area contributed by atoms with Crippen molar-refractivity contribution in [3.8, 4) is 0 Å². The summed E-state index contributed by atoms with van der Waals surface area (Å²) in [6.45, 7) is 6.29. The zero-order valence-electron chi connectivity index (χ0n) is 26.8. The fraction of sp³-hybridized carbons (Fsp3) is 0.353. The van der Waals surface area contributed by atoms with Crippen LogP contribution in [0.3, 0.4) is 0 Å². The number of carbonyl (C=O) groups is 4. The highest BCUT2D eigenvalue weighted by molar-refractivity contribution is 5.90. The number of carboxylic acids is 4. The van der Waals surface area contributed by atoms with Gasteiger partial charge in [0.05, 0.1) is 11.4 Å². The molecule has 14 nitrogen and oxygen atoms in total. The quantitative estimate of drug-likeness (QED) is 0.174. The Morgan fingerprint density at radius 2 is 0.940 bits per heavy atom. The standard InChI is InChI=1S/C26H28F2N4O2.2C4H4O4/c27-19-1-3-21-23(15-19)33-29-25(21)17-5-9-31(10-6-17)13-14-32-11-7-18(8-12-32)26-22-4-2-20(28)16-24(22)34-30-26;2*5-3(6)1-2-4(7)8/h1-4,15-18H,5-14H2;2*1-2H,(H,5,6)(H,7,8). The molecule has 0 amide bonds. The minimum absolute atomic E-state index is 0.293. The lowest BCUT2D eigenvalue weighted by Gasteiger charge is -2.35. The fourth-order valence-corrected chi connectivity index (χ4v) is 5.88. The number of aromatic nitrogens is 2. The number of fused-ring (bicyclic) bond motifs is 2. The van der Waals surface area contributed by atoms with Crippen LogP contribution in [0.1, 0.15) is 48.9 Å². The van der Waals surface area contributed by atoms with E-state index in [1.807, 2.05) is 0 Å². The molecule has 266 valence electrons. The first-order valence-electron chi connectivity index (χ1n) is 15.7. The zero-order chi connectivity index (χ0) is 36.2. The van der Waals surface area contributed by atoms with Gasteiger partial charge in [0.2, 0.25) is 0 Å². The second kappa shape index (κ2) is 17.8. The monoisotopic (exact) mass is 698 g/mol. The summed E-state index contributed by atoms with van der Waals surface area (Å²) in [7, 11) is 0. The smallest absolute Gasteiger partial charge is 0.328 e. The van der Waals surface area contributed by atoms with Crippen LogP contribution in [0.15, 0.2) is 69.7 Å². The van der Waals surface area contributed by atoms with Gasteiger partial charge in [-0.1, -0.05) is 10.3 Å². The summed E-state index contributed by atoms with van der Waals surface area (Å²) < 4.78 is 37.6. The highest BCUT2D eigenvalue weighted by Crippen LogP contribution is 2.34. The minimum Gasteiger partial charge on any atom is -0.478 e. The lowest BCUT2D eigenvalue weighted by Crippen LogP contribution is -2.41. The van der Waals surface area contributed by atoms with Crippen LogP contribution in [0, 0.1) is 11.6 Å². The first-order valence-corrected chi connectivity index (χ1v) is 15.7. The third-order valence-electron chi connectivity index (χ3n) is 8.34. The molecule has 6 rings (SSSR count). The maximum Gasteiger partial charge on any atom is 0.328 e. The van der Waals surface area contributed by atoms with Crippen LogP contribution in [0.25, 0.3) is 21.9 Å². The maximum absolute atomic E-state index is 13.4. The topological polar surface area (TPSA) is 208 Å². The van der Waals surface area contributed by atoms with E-state index in [2.05, 4.69) is 20.1 Å². The van der Waals surface area contributed by atoms with Gasteiger partial charge in [0.1, 0.15) is 11.6 Å². The molecule has 0 atom stereocenters. The van der Waals surface area contributed by atoms with E-state index in [0.717, 1.165) is 87.1 Å². The van der Waals surface area contributed by atoms with Crippen LogP contribution in [0.2, 0.25) is 0 Å². The number of hydrogen-bond acceptors (Lipinski definition) is 10. The van der Waals surface area contributed by atoms with Crippen molar-refractivity contribution < 1.29 is 57.4 Å². The van der Waals surface area contributed by atoms with Gasteiger partial charge in [0.25, 0.3) is 0 Å². The summed E-state index contributed by atoms with van der Waals surface area (Å²) in [6.07, 6.45) is 6.40. The summed E-state index contributed by atoms with van der Waals surface area (Å²) in [4.78, 5) is 43.3. The van der Waals surface area contributed by atoms with Crippen molar-refractivity contribution in [3.63, 3.8) is 0 Å². The highest BCUT2D eigenvalue weighted by atomic mass is 19.1. The van der Waals surface area contributed by atoms with E-state index in [4.69, 9.17) is 29.5 Å². The Hall–Kier alpha value is -5.48. The second-order valence-corrected chi connectivity index (χ2v) is 11.7. The first kappa shape index (κ1) is 37.3. The Balaban J connectivity index is 0.000000294. The Morgan fingerprint density at radius 1 is 0.620 bits per heavy atom. The summed E-state index contributed by atoms with van der Waals surface area (Å²) >= 11 is 0. The predicted molar refractivity (Wildman–Crippen MR) is 174 cm³/mol. The molecule has 0 aliphatic carbocycles. The fourth-order valence-electron chi connectivity index (χ4n) is 5.88. The number of benzene rings is 2. The Bertz CT molecular complexity index is 1690. The van der Waals surface area contributed by atoms with Gasteiger partial charge in [-0.2, -0.15) is 0 Å². The Kier molecular flexibility index (Phi) is 13.3. The van der Waals surface area contributed by atoms with E-state index in [9.17, 15) is 28.0 Å². The molecule has 2 aliphatic heterocycles. The molecule has 0 bridgehead atoms. The molecule has 4 N–H and O–H groups in total. The van der Waals surface area contributed by atoms with Gasteiger partial charge >= 0.3 is 23.9 Å². The molecule has 16 heteroatoms. The number of rotatable bonds is 9. The van der Waals surface area contributed by atoms with Crippen molar-refractivity contribution in [3.05, 3.63) is 83.7 Å². The average molecular weight is 699 g/mol. The molecule has 2 aromatic heterocycles. The van der Waals surface area contributed by atoms with E-state index >= 15 is 0 Å². The second-order valence-electron chi connectivity index (χ2n) is 11.7. The molecule has 2 fully saturated rings. The van der Waals surface area contributed by atoms with Crippen LogP contribution >= 0.6 is 0 Å². The van der Waals surface area contributed by atoms with Crippen LogP contribution < -0.4 is 0 Å². The number of likely N-dealkylation sites (tertiary alicyclic amines) is 2. The van der Waals surface area contributed by atoms with Crippen LogP contribution in [-0.2, 0) is 19.2 Å². The van der Waals surface area contributed by atoms with Crippen molar-refractivity contribution in [2.45, 2.75) is 37.5 Å².